The lowest BCUT2D eigenvalue weighted by Crippen LogP contribution is -2.07. The number of hydrogen-bond acceptors (Lipinski definition) is 5. The normalized spacial score (nSPS) is 11.1. The van der Waals surface area contributed by atoms with Crippen molar-refractivity contribution in [3.63, 3.8) is 0 Å². The van der Waals surface area contributed by atoms with Gasteiger partial charge in [-0.25, -0.2) is 4.98 Å². The highest BCUT2D eigenvalue weighted by Gasteiger charge is 2.07. The second kappa shape index (κ2) is 5.95. The van der Waals surface area contributed by atoms with Gasteiger partial charge in [0.2, 0.25) is 5.13 Å². The summed E-state index contributed by atoms with van der Waals surface area (Å²) < 4.78 is 2.11. The summed E-state index contributed by atoms with van der Waals surface area (Å²) >= 11 is 1.63. The van der Waals surface area contributed by atoms with E-state index in [1.165, 1.54) is 0 Å². The molecule has 0 saturated carbocycles. The van der Waals surface area contributed by atoms with E-state index in [-0.39, 0.29) is 0 Å². The second-order valence-corrected chi connectivity index (χ2v) is 5.64. The van der Waals surface area contributed by atoms with Crippen LogP contribution in [0.1, 0.15) is 31.6 Å². The number of aryl methyl sites for hydroxylation is 1. The summed E-state index contributed by atoms with van der Waals surface area (Å²) in [7, 11) is 0. The van der Waals surface area contributed by atoms with Gasteiger partial charge in [0.1, 0.15) is 10.8 Å². The Morgan fingerprint density at radius 1 is 1.39 bits per heavy atom. The maximum Gasteiger partial charge on any atom is 0.206 e. The number of rotatable bonds is 6. The summed E-state index contributed by atoms with van der Waals surface area (Å²) in [5.41, 5.74) is 0. The predicted molar refractivity (Wildman–Crippen MR) is 73.7 cm³/mol. The van der Waals surface area contributed by atoms with Gasteiger partial charge >= 0.3 is 0 Å². The number of aromatic nitrogens is 4. The van der Waals surface area contributed by atoms with E-state index in [4.69, 9.17) is 0 Å². The minimum atomic E-state index is 0.616. The van der Waals surface area contributed by atoms with E-state index in [0.717, 1.165) is 28.9 Å². The molecule has 0 radical (unpaired) electrons. The van der Waals surface area contributed by atoms with Gasteiger partial charge in [0, 0.05) is 25.4 Å². The highest BCUT2D eigenvalue weighted by Crippen LogP contribution is 2.18. The van der Waals surface area contributed by atoms with Crippen molar-refractivity contribution in [3.8, 4) is 0 Å². The van der Waals surface area contributed by atoms with Crippen LogP contribution in [0.15, 0.2) is 12.4 Å². The minimum Gasteiger partial charge on any atom is -0.353 e. The van der Waals surface area contributed by atoms with E-state index in [9.17, 15) is 0 Å². The van der Waals surface area contributed by atoms with Crippen LogP contribution < -0.4 is 5.32 Å². The predicted octanol–water partition coefficient (Wildman–Crippen LogP) is 2.57. The minimum absolute atomic E-state index is 0.616. The fourth-order valence-electron chi connectivity index (χ4n) is 1.71. The number of nitrogens with one attached hydrogen (secondary N) is 1. The SMILES string of the molecule is CCn1ccnc1CNc1nnc(CC(C)C)s1. The first-order valence-corrected chi connectivity index (χ1v) is 7.07. The molecular formula is C12H19N5S. The van der Waals surface area contributed by atoms with Crippen molar-refractivity contribution in [2.24, 2.45) is 5.92 Å². The van der Waals surface area contributed by atoms with Gasteiger partial charge < -0.3 is 9.88 Å². The molecular weight excluding hydrogens is 246 g/mol. The van der Waals surface area contributed by atoms with Crippen molar-refractivity contribution in [1.82, 2.24) is 19.7 Å². The van der Waals surface area contributed by atoms with Gasteiger partial charge in [0.15, 0.2) is 0 Å². The smallest absolute Gasteiger partial charge is 0.206 e. The third-order valence-corrected chi connectivity index (χ3v) is 3.49. The van der Waals surface area contributed by atoms with Gasteiger partial charge in [0.05, 0.1) is 6.54 Å². The third-order valence-electron chi connectivity index (χ3n) is 2.59. The topological polar surface area (TPSA) is 55.6 Å². The molecule has 98 valence electrons. The largest absolute Gasteiger partial charge is 0.353 e. The monoisotopic (exact) mass is 265 g/mol. The van der Waals surface area contributed by atoms with E-state index >= 15 is 0 Å². The van der Waals surface area contributed by atoms with Crippen molar-refractivity contribution >= 4 is 16.5 Å². The number of imidazole rings is 1. The lowest BCUT2D eigenvalue weighted by Gasteiger charge is -2.04. The Balaban J connectivity index is 1.92. The summed E-state index contributed by atoms with van der Waals surface area (Å²) in [4.78, 5) is 4.31. The zero-order valence-corrected chi connectivity index (χ0v) is 11.9. The first-order chi connectivity index (χ1) is 8.69. The third kappa shape index (κ3) is 3.29. The van der Waals surface area contributed by atoms with Gasteiger partial charge in [-0.15, -0.1) is 10.2 Å². The highest BCUT2D eigenvalue weighted by atomic mass is 32.1. The molecule has 5 nitrogen and oxygen atoms in total. The van der Waals surface area contributed by atoms with Gasteiger partial charge in [-0.05, 0) is 12.8 Å². The van der Waals surface area contributed by atoms with Crippen molar-refractivity contribution in [2.45, 2.75) is 40.3 Å². The quantitative estimate of drug-likeness (QED) is 0.872. The van der Waals surface area contributed by atoms with E-state index < -0.39 is 0 Å². The van der Waals surface area contributed by atoms with Crippen molar-refractivity contribution in [3.05, 3.63) is 23.2 Å². The molecule has 1 N–H and O–H groups in total. The molecule has 0 unspecified atom stereocenters. The molecule has 0 spiro atoms. The Hall–Kier alpha value is -1.43. The number of hydrogen-bond donors (Lipinski definition) is 1. The maximum absolute atomic E-state index is 4.31. The molecule has 18 heavy (non-hydrogen) atoms. The maximum atomic E-state index is 4.31. The molecule has 0 aliphatic heterocycles. The average Bonchev–Trinajstić information content (AvgIpc) is 2.93. The molecule has 0 aromatic carbocycles. The van der Waals surface area contributed by atoms with Gasteiger partial charge in [0.25, 0.3) is 0 Å². The molecule has 0 saturated heterocycles. The lowest BCUT2D eigenvalue weighted by atomic mass is 10.1. The summed E-state index contributed by atoms with van der Waals surface area (Å²) in [6, 6.07) is 0. The Bertz CT molecular complexity index is 488. The molecule has 0 aliphatic rings. The first kappa shape index (κ1) is 13.0. The molecule has 0 aliphatic carbocycles. The Morgan fingerprint density at radius 2 is 2.22 bits per heavy atom. The Labute approximate surface area is 111 Å². The van der Waals surface area contributed by atoms with E-state index in [0.29, 0.717) is 12.5 Å². The standard InChI is InChI=1S/C12H19N5S/c1-4-17-6-5-13-10(17)8-14-12-16-15-11(18-12)7-9(2)3/h5-6,9H,4,7-8H2,1-3H3,(H,14,16). The zero-order chi connectivity index (χ0) is 13.0. The molecule has 2 aromatic rings. The Kier molecular flexibility index (Phi) is 4.30. The Morgan fingerprint density at radius 3 is 2.94 bits per heavy atom. The second-order valence-electron chi connectivity index (χ2n) is 4.58. The van der Waals surface area contributed by atoms with Crippen molar-refractivity contribution < 1.29 is 0 Å². The molecule has 2 heterocycles. The lowest BCUT2D eigenvalue weighted by molar-refractivity contribution is 0.640. The number of anilines is 1. The summed E-state index contributed by atoms with van der Waals surface area (Å²) in [5.74, 6) is 1.64. The van der Waals surface area contributed by atoms with E-state index in [1.807, 2.05) is 12.4 Å². The van der Waals surface area contributed by atoms with Crippen LogP contribution in [-0.4, -0.2) is 19.7 Å². The number of nitrogens with zero attached hydrogens (tertiary/aromatic N) is 4. The van der Waals surface area contributed by atoms with Crippen LogP contribution in [0.2, 0.25) is 0 Å². The van der Waals surface area contributed by atoms with Gasteiger partial charge in [-0.3, -0.25) is 0 Å². The van der Waals surface area contributed by atoms with E-state index in [2.05, 4.69) is 45.8 Å². The van der Waals surface area contributed by atoms with Crippen LogP contribution in [-0.2, 0) is 19.5 Å². The van der Waals surface area contributed by atoms with Gasteiger partial charge in [-0.1, -0.05) is 25.2 Å². The molecule has 6 heteroatoms. The molecule has 0 fully saturated rings. The van der Waals surface area contributed by atoms with Crippen LogP contribution in [0.25, 0.3) is 0 Å². The fourth-order valence-corrected chi connectivity index (χ4v) is 2.65. The van der Waals surface area contributed by atoms with Crippen LogP contribution in [0.5, 0.6) is 0 Å². The van der Waals surface area contributed by atoms with Crippen LogP contribution in [0, 0.1) is 5.92 Å². The molecule has 2 rings (SSSR count). The molecule has 0 bridgehead atoms. The van der Waals surface area contributed by atoms with E-state index in [1.54, 1.807) is 11.3 Å². The highest BCUT2D eigenvalue weighted by molar-refractivity contribution is 7.15. The molecule has 0 amide bonds. The van der Waals surface area contributed by atoms with Gasteiger partial charge in [-0.2, -0.15) is 0 Å². The van der Waals surface area contributed by atoms with Crippen molar-refractivity contribution in [2.75, 3.05) is 5.32 Å². The molecule has 0 atom stereocenters. The molecule has 2 aromatic heterocycles. The summed E-state index contributed by atoms with van der Waals surface area (Å²) in [6.45, 7) is 8.11. The van der Waals surface area contributed by atoms with Crippen LogP contribution >= 0.6 is 11.3 Å². The van der Waals surface area contributed by atoms with Crippen LogP contribution in [0.4, 0.5) is 5.13 Å². The summed E-state index contributed by atoms with van der Waals surface area (Å²) in [6.07, 6.45) is 4.80. The van der Waals surface area contributed by atoms with Crippen molar-refractivity contribution in [1.29, 1.82) is 0 Å². The summed E-state index contributed by atoms with van der Waals surface area (Å²) in [5, 5.41) is 13.6. The average molecular weight is 265 g/mol. The first-order valence-electron chi connectivity index (χ1n) is 6.25. The van der Waals surface area contributed by atoms with Crippen LogP contribution in [0.3, 0.4) is 0 Å². The fraction of sp³-hybridized carbons (Fsp3) is 0.583. The zero-order valence-electron chi connectivity index (χ0n) is 11.1.